The second kappa shape index (κ2) is 8.63. The van der Waals surface area contributed by atoms with Gasteiger partial charge in [0.05, 0.1) is 0 Å². The second-order valence-electron chi connectivity index (χ2n) is 5.65. The van der Waals surface area contributed by atoms with E-state index in [2.05, 4.69) is 22.1 Å². The lowest BCUT2D eigenvalue weighted by Crippen LogP contribution is -2.55. The fraction of sp³-hybridized carbons (Fsp3) is 0.733. The van der Waals surface area contributed by atoms with Gasteiger partial charge in [0.25, 0.3) is 0 Å². The van der Waals surface area contributed by atoms with E-state index in [0.717, 1.165) is 37.2 Å². The molecule has 2 amide bonds. The van der Waals surface area contributed by atoms with Gasteiger partial charge in [-0.3, -0.25) is 5.32 Å². The number of nitrogens with one attached hydrogen (secondary N) is 2. The molecule has 0 unspecified atom stereocenters. The van der Waals surface area contributed by atoms with Crippen LogP contribution in [0.3, 0.4) is 0 Å². The molecular weight excluding hydrogens is 302 g/mol. The van der Waals surface area contributed by atoms with E-state index in [1.807, 2.05) is 11.8 Å². The summed E-state index contributed by atoms with van der Waals surface area (Å²) in [5.74, 6) is 2.30. The van der Waals surface area contributed by atoms with Crippen LogP contribution < -0.4 is 10.6 Å². The van der Waals surface area contributed by atoms with Crippen molar-refractivity contribution in [2.45, 2.75) is 57.0 Å². The first-order valence-corrected chi connectivity index (χ1v) is 9.37. The van der Waals surface area contributed by atoms with Gasteiger partial charge in [-0.15, -0.1) is 0 Å². The van der Waals surface area contributed by atoms with Gasteiger partial charge in [-0.05, 0) is 55.6 Å². The van der Waals surface area contributed by atoms with Gasteiger partial charge in [0.15, 0.2) is 5.11 Å². The van der Waals surface area contributed by atoms with Crippen molar-refractivity contribution >= 4 is 35.1 Å². The molecule has 0 atom stereocenters. The summed E-state index contributed by atoms with van der Waals surface area (Å²) in [6, 6.07) is 0.692. The van der Waals surface area contributed by atoms with E-state index in [9.17, 15) is 4.79 Å². The van der Waals surface area contributed by atoms with E-state index < -0.39 is 0 Å². The number of hydrogen-bond acceptors (Lipinski definition) is 3. The fourth-order valence-corrected chi connectivity index (χ4v) is 4.50. The predicted molar refractivity (Wildman–Crippen MR) is 93.5 cm³/mol. The summed E-state index contributed by atoms with van der Waals surface area (Å²) in [6.45, 7) is 3.57. The number of nitrogens with zero attached hydrogens (tertiary/aromatic N) is 1. The molecule has 0 bridgehead atoms. The number of hydrogen-bond donors (Lipinski definition) is 2. The van der Waals surface area contributed by atoms with Crippen LogP contribution in [-0.2, 0) is 0 Å². The van der Waals surface area contributed by atoms with E-state index in [1.165, 1.54) is 25.5 Å². The van der Waals surface area contributed by atoms with E-state index in [1.54, 1.807) is 0 Å². The Labute approximate surface area is 137 Å². The Balaban J connectivity index is 2.04. The Bertz CT molecular complexity index is 359. The average molecular weight is 328 g/mol. The summed E-state index contributed by atoms with van der Waals surface area (Å²) in [4.78, 5) is 14.8. The molecule has 0 radical (unpaired) electrons. The summed E-state index contributed by atoms with van der Waals surface area (Å²) in [6.07, 6.45) is 9.67. The Hall–Kier alpha value is -0.750. The molecule has 1 aliphatic carbocycles. The SMILES string of the molecule is C=CNC(=S)NC(=O)N(C1CCCCC1)C1CCSCC1. The van der Waals surface area contributed by atoms with E-state index in [0.29, 0.717) is 17.2 Å². The highest BCUT2D eigenvalue weighted by Gasteiger charge is 2.32. The molecule has 2 fully saturated rings. The Kier molecular flexibility index (Phi) is 6.83. The Morgan fingerprint density at radius 1 is 1.14 bits per heavy atom. The fourth-order valence-electron chi connectivity index (χ4n) is 3.24. The zero-order valence-electron chi connectivity index (χ0n) is 12.5. The van der Waals surface area contributed by atoms with Crippen molar-refractivity contribution in [3.63, 3.8) is 0 Å². The van der Waals surface area contributed by atoms with Gasteiger partial charge in [-0.25, -0.2) is 4.79 Å². The number of amides is 2. The van der Waals surface area contributed by atoms with Crippen LogP contribution in [0.15, 0.2) is 12.8 Å². The number of urea groups is 1. The first-order valence-electron chi connectivity index (χ1n) is 7.81. The third kappa shape index (κ3) is 4.88. The van der Waals surface area contributed by atoms with Crippen LogP contribution in [0.25, 0.3) is 0 Å². The van der Waals surface area contributed by atoms with Crippen LogP contribution in [0.4, 0.5) is 4.79 Å². The van der Waals surface area contributed by atoms with Gasteiger partial charge in [0.2, 0.25) is 0 Å². The number of thiocarbonyl (C=S) groups is 1. The first kappa shape index (κ1) is 16.6. The lowest BCUT2D eigenvalue weighted by Gasteiger charge is -2.41. The molecule has 2 rings (SSSR count). The first-order chi connectivity index (χ1) is 10.2. The number of thioether (sulfide) groups is 1. The van der Waals surface area contributed by atoms with Crippen molar-refractivity contribution in [3.8, 4) is 0 Å². The summed E-state index contributed by atoms with van der Waals surface area (Å²) in [7, 11) is 0. The third-order valence-corrected chi connectivity index (χ3v) is 5.51. The van der Waals surface area contributed by atoms with Gasteiger partial charge < -0.3 is 10.2 Å². The molecule has 0 aromatic carbocycles. The number of rotatable bonds is 3. The highest BCUT2D eigenvalue weighted by atomic mass is 32.2. The van der Waals surface area contributed by atoms with Gasteiger partial charge in [-0.1, -0.05) is 25.8 Å². The molecule has 6 heteroatoms. The minimum atomic E-state index is -0.0434. The van der Waals surface area contributed by atoms with Crippen molar-refractivity contribution in [3.05, 3.63) is 12.8 Å². The smallest absolute Gasteiger partial charge is 0.324 e. The molecule has 2 N–H and O–H groups in total. The second-order valence-corrected chi connectivity index (χ2v) is 7.28. The standard InChI is InChI=1S/C15H25N3OS2/c1-2-16-14(20)17-15(19)18(12-6-4-3-5-7-12)13-8-10-21-11-9-13/h2,12-13H,1,3-11H2,(H2,16,17,19,20). The van der Waals surface area contributed by atoms with Crippen LogP contribution in [0.1, 0.15) is 44.9 Å². The maximum Gasteiger partial charge on any atom is 0.324 e. The van der Waals surface area contributed by atoms with E-state index in [-0.39, 0.29) is 6.03 Å². The van der Waals surface area contributed by atoms with Crippen LogP contribution >= 0.6 is 24.0 Å². The van der Waals surface area contributed by atoms with Gasteiger partial charge in [0.1, 0.15) is 0 Å². The topological polar surface area (TPSA) is 44.4 Å². The van der Waals surface area contributed by atoms with Crippen molar-refractivity contribution in [1.29, 1.82) is 0 Å². The van der Waals surface area contributed by atoms with Crippen LogP contribution in [0.5, 0.6) is 0 Å². The lowest BCUT2D eigenvalue weighted by atomic mass is 9.92. The van der Waals surface area contributed by atoms with Crippen LogP contribution in [0.2, 0.25) is 0 Å². The molecule has 118 valence electrons. The highest BCUT2D eigenvalue weighted by molar-refractivity contribution is 7.99. The molecule has 1 aliphatic heterocycles. The van der Waals surface area contributed by atoms with E-state index in [4.69, 9.17) is 12.2 Å². The predicted octanol–water partition coefficient (Wildman–Crippen LogP) is 3.24. The maximum atomic E-state index is 12.7. The zero-order chi connectivity index (χ0) is 15.1. The summed E-state index contributed by atoms with van der Waals surface area (Å²) in [5.41, 5.74) is 0. The molecule has 0 spiro atoms. The Morgan fingerprint density at radius 3 is 2.38 bits per heavy atom. The van der Waals surface area contributed by atoms with Crippen molar-refractivity contribution in [2.75, 3.05) is 11.5 Å². The summed E-state index contributed by atoms with van der Waals surface area (Å²) in [5, 5.41) is 5.91. The quantitative estimate of drug-likeness (QED) is 0.781. The minimum absolute atomic E-state index is 0.0434. The summed E-state index contributed by atoms with van der Waals surface area (Å²) >= 11 is 7.09. The maximum absolute atomic E-state index is 12.7. The van der Waals surface area contributed by atoms with Crippen LogP contribution in [-0.4, -0.2) is 39.6 Å². The molecule has 1 saturated heterocycles. The average Bonchev–Trinajstić information content (AvgIpc) is 2.50. The van der Waals surface area contributed by atoms with Gasteiger partial charge >= 0.3 is 6.03 Å². The molecule has 2 aliphatic rings. The number of carbonyl (C=O) groups excluding carboxylic acids is 1. The Morgan fingerprint density at radius 2 is 1.76 bits per heavy atom. The van der Waals surface area contributed by atoms with Crippen molar-refractivity contribution in [1.82, 2.24) is 15.5 Å². The van der Waals surface area contributed by atoms with Crippen molar-refractivity contribution in [2.24, 2.45) is 0 Å². The molecule has 0 aromatic heterocycles. The molecule has 1 saturated carbocycles. The summed E-state index contributed by atoms with van der Waals surface area (Å²) < 4.78 is 0. The van der Waals surface area contributed by atoms with Gasteiger partial charge in [0, 0.05) is 12.1 Å². The number of carbonyl (C=O) groups is 1. The molecule has 21 heavy (non-hydrogen) atoms. The van der Waals surface area contributed by atoms with E-state index >= 15 is 0 Å². The zero-order valence-corrected chi connectivity index (χ0v) is 14.1. The lowest BCUT2D eigenvalue weighted by molar-refractivity contribution is 0.122. The minimum Gasteiger partial charge on any atom is -0.340 e. The molecule has 4 nitrogen and oxygen atoms in total. The normalized spacial score (nSPS) is 20.6. The molecule has 1 heterocycles. The highest BCUT2D eigenvalue weighted by Crippen LogP contribution is 2.29. The van der Waals surface area contributed by atoms with Crippen LogP contribution in [0, 0.1) is 0 Å². The van der Waals surface area contributed by atoms with Gasteiger partial charge in [-0.2, -0.15) is 11.8 Å². The monoisotopic (exact) mass is 327 g/mol. The third-order valence-electron chi connectivity index (χ3n) is 4.24. The van der Waals surface area contributed by atoms with Crippen molar-refractivity contribution < 1.29 is 4.79 Å². The molecule has 0 aromatic rings. The largest absolute Gasteiger partial charge is 0.340 e. The molecular formula is C15H25N3OS2.